The fourth-order valence-corrected chi connectivity index (χ4v) is 3.47. The van der Waals surface area contributed by atoms with Crippen LogP contribution in [0.2, 0.25) is 0 Å². The number of benzene rings is 1. The molecule has 1 aliphatic heterocycles. The van der Waals surface area contributed by atoms with E-state index in [1.807, 2.05) is 0 Å². The average molecular weight is 286 g/mol. The van der Waals surface area contributed by atoms with E-state index in [1.54, 1.807) is 0 Å². The summed E-state index contributed by atoms with van der Waals surface area (Å²) >= 11 is 0. The minimum Gasteiger partial charge on any atom is -0.396 e. The summed E-state index contributed by atoms with van der Waals surface area (Å²) in [5.41, 5.74) is 2.70. The predicted molar refractivity (Wildman–Crippen MR) is 87.7 cm³/mol. The molecule has 1 N–H and O–H groups in total. The number of rotatable bonds is 5. The van der Waals surface area contributed by atoms with E-state index in [2.05, 4.69) is 46.9 Å². The molecule has 0 spiro atoms. The predicted octanol–water partition coefficient (Wildman–Crippen LogP) is 3.22. The maximum absolute atomic E-state index is 9.00. The molecule has 3 nitrogen and oxygen atoms in total. The van der Waals surface area contributed by atoms with Crippen LogP contribution < -0.4 is 0 Å². The van der Waals surface area contributed by atoms with Crippen molar-refractivity contribution in [2.45, 2.75) is 38.6 Å². The summed E-state index contributed by atoms with van der Waals surface area (Å²) in [4.78, 5) is 2.54. The van der Waals surface area contributed by atoms with Gasteiger partial charge in [0.25, 0.3) is 0 Å². The number of hydrogen-bond acceptors (Lipinski definition) is 2. The number of aliphatic hydroxyl groups excluding tert-OH is 1. The van der Waals surface area contributed by atoms with E-state index in [0.717, 1.165) is 12.8 Å². The number of hydrogen-bond donors (Lipinski definition) is 1. The Morgan fingerprint density at radius 2 is 2.00 bits per heavy atom. The number of fused-ring (bicyclic) bond motifs is 1. The van der Waals surface area contributed by atoms with Crippen molar-refractivity contribution in [2.24, 2.45) is 0 Å². The fourth-order valence-electron chi connectivity index (χ4n) is 3.47. The van der Waals surface area contributed by atoms with Gasteiger partial charge in [-0.05, 0) is 55.3 Å². The Balaban J connectivity index is 1.81. The lowest BCUT2D eigenvalue weighted by molar-refractivity contribution is 0.197. The number of aryl methyl sites for hydroxylation is 1. The van der Waals surface area contributed by atoms with Gasteiger partial charge in [-0.15, -0.1) is 0 Å². The normalized spacial score (nSPS) is 17.6. The van der Waals surface area contributed by atoms with Crippen LogP contribution in [0.5, 0.6) is 0 Å². The first-order valence-corrected chi connectivity index (χ1v) is 8.24. The van der Waals surface area contributed by atoms with Gasteiger partial charge in [0, 0.05) is 37.5 Å². The minimum atomic E-state index is 0.272. The second-order valence-corrected chi connectivity index (χ2v) is 6.11. The largest absolute Gasteiger partial charge is 0.396 e. The van der Waals surface area contributed by atoms with Gasteiger partial charge >= 0.3 is 0 Å². The molecule has 0 unspecified atom stereocenters. The summed E-state index contributed by atoms with van der Waals surface area (Å²) in [6, 6.07) is 9.61. The van der Waals surface area contributed by atoms with Crippen molar-refractivity contribution in [3.05, 3.63) is 36.0 Å². The van der Waals surface area contributed by atoms with Crippen molar-refractivity contribution >= 4 is 10.9 Å². The first kappa shape index (κ1) is 14.6. The molecule has 21 heavy (non-hydrogen) atoms. The van der Waals surface area contributed by atoms with E-state index in [1.165, 1.54) is 48.9 Å². The van der Waals surface area contributed by atoms with E-state index in [9.17, 15) is 0 Å². The Morgan fingerprint density at radius 1 is 1.19 bits per heavy atom. The van der Waals surface area contributed by atoms with Gasteiger partial charge in [-0.25, -0.2) is 0 Å². The minimum absolute atomic E-state index is 0.272. The van der Waals surface area contributed by atoms with E-state index in [-0.39, 0.29) is 6.61 Å². The van der Waals surface area contributed by atoms with Crippen molar-refractivity contribution in [1.82, 2.24) is 9.47 Å². The monoisotopic (exact) mass is 286 g/mol. The molecule has 0 aliphatic carbocycles. The van der Waals surface area contributed by atoms with Crippen molar-refractivity contribution in [1.29, 1.82) is 0 Å². The highest BCUT2D eigenvalue weighted by Crippen LogP contribution is 2.28. The molecule has 0 atom stereocenters. The van der Waals surface area contributed by atoms with Crippen LogP contribution in [-0.4, -0.2) is 40.8 Å². The van der Waals surface area contributed by atoms with E-state index >= 15 is 0 Å². The van der Waals surface area contributed by atoms with Gasteiger partial charge in [0.05, 0.1) is 0 Å². The second kappa shape index (κ2) is 6.63. The first-order valence-electron chi connectivity index (χ1n) is 8.24. The van der Waals surface area contributed by atoms with Crippen LogP contribution in [0, 0.1) is 0 Å². The number of piperidine rings is 1. The van der Waals surface area contributed by atoms with Crippen LogP contribution in [0.3, 0.4) is 0 Å². The maximum Gasteiger partial charge on any atom is 0.0485 e. The standard InChI is InChI=1S/C18H26N2O/c1-2-19-10-8-17(9-11-19)20-12-7-16-6-5-15(4-3-13-21)14-18(16)20/h5-7,12,14,17,21H,2-4,8-11,13H2,1H3. The van der Waals surface area contributed by atoms with E-state index in [0.29, 0.717) is 6.04 Å². The number of aromatic nitrogens is 1. The quantitative estimate of drug-likeness (QED) is 0.914. The Hall–Kier alpha value is -1.32. The summed E-state index contributed by atoms with van der Waals surface area (Å²) in [6.45, 7) is 6.12. The van der Waals surface area contributed by atoms with Crippen LogP contribution in [0.1, 0.15) is 37.8 Å². The van der Waals surface area contributed by atoms with E-state index in [4.69, 9.17) is 5.11 Å². The molecular formula is C18H26N2O. The van der Waals surface area contributed by atoms with Crippen molar-refractivity contribution in [3.8, 4) is 0 Å². The first-order chi connectivity index (χ1) is 10.3. The highest BCUT2D eigenvalue weighted by molar-refractivity contribution is 5.81. The molecule has 2 aromatic rings. The molecule has 0 radical (unpaired) electrons. The molecule has 0 amide bonds. The summed E-state index contributed by atoms with van der Waals surface area (Å²) in [5, 5.41) is 10.3. The third kappa shape index (κ3) is 3.14. The molecule has 114 valence electrons. The summed E-state index contributed by atoms with van der Waals surface area (Å²) in [6.07, 6.45) is 6.57. The summed E-state index contributed by atoms with van der Waals surface area (Å²) in [5.74, 6) is 0. The fraction of sp³-hybridized carbons (Fsp3) is 0.556. The Morgan fingerprint density at radius 3 is 2.71 bits per heavy atom. The lowest BCUT2D eigenvalue weighted by atomic mass is 10.0. The topological polar surface area (TPSA) is 28.4 Å². The third-order valence-electron chi connectivity index (χ3n) is 4.81. The number of aliphatic hydroxyl groups is 1. The Labute approximate surface area is 127 Å². The van der Waals surface area contributed by atoms with E-state index < -0.39 is 0 Å². The molecule has 0 saturated carbocycles. The molecule has 1 aromatic heterocycles. The van der Waals surface area contributed by atoms with Crippen LogP contribution in [0.25, 0.3) is 10.9 Å². The summed E-state index contributed by atoms with van der Waals surface area (Å²) in [7, 11) is 0. The molecular weight excluding hydrogens is 260 g/mol. The van der Waals surface area contributed by atoms with Crippen LogP contribution >= 0.6 is 0 Å². The highest BCUT2D eigenvalue weighted by atomic mass is 16.2. The lowest BCUT2D eigenvalue weighted by Gasteiger charge is -2.32. The van der Waals surface area contributed by atoms with Crippen LogP contribution in [-0.2, 0) is 6.42 Å². The maximum atomic E-state index is 9.00. The van der Waals surface area contributed by atoms with Gasteiger partial charge in [-0.2, -0.15) is 0 Å². The molecule has 1 aromatic carbocycles. The lowest BCUT2D eigenvalue weighted by Crippen LogP contribution is -2.34. The molecule has 1 fully saturated rings. The smallest absolute Gasteiger partial charge is 0.0485 e. The Bertz CT molecular complexity index is 582. The number of likely N-dealkylation sites (tertiary alicyclic amines) is 1. The van der Waals surface area contributed by atoms with Gasteiger partial charge in [0.15, 0.2) is 0 Å². The zero-order chi connectivity index (χ0) is 14.7. The van der Waals surface area contributed by atoms with Crippen molar-refractivity contribution < 1.29 is 5.11 Å². The molecule has 1 saturated heterocycles. The zero-order valence-electron chi connectivity index (χ0n) is 13.0. The SMILES string of the molecule is CCN1CCC(n2ccc3ccc(CCCO)cc32)CC1. The average Bonchev–Trinajstić information content (AvgIpc) is 2.96. The van der Waals surface area contributed by atoms with Crippen molar-refractivity contribution in [3.63, 3.8) is 0 Å². The van der Waals surface area contributed by atoms with Crippen molar-refractivity contribution in [2.75, 3.05) is 26.2 Å². The van der Waals surface area contributed by atoms with Crippen LogP contribution in [0.15, 0.2) is 30.5 Å². The Kier molecular flexibility index (Phi) is 4.61. The molecule has 3 rings (SSSR count). The third-order valence-corrected chi connectivity index (χ3v) is 4.81. The molecule has 3 heteroatoms. The molecule has 0 bridgehead atoms. The summed E-state index contributed by atoms with van der Waals surface area (Å²) < 4.78 is 2.48. The van der Waals surface area contributed by atoms with Gasteiger partial charge < -0.3 is 14.6 Å². The van der Waals surface area contributed by atoms with Crippen LogP contribution in [0.4, 0.5) is 0 Å². The van der Waals surface area contributed by atoms with Gasteiger partial charge in [-0.1, -0.05) is 19.1 Å². The second-order valence-electron chi connectivity index (χ2n) is 6.11. The molecule has 1 aliphatic rings. The van der Waals surface area contributed by atoms with Gasteiger partial charge in [0.2, 0.25) is 0 Å². The highest BCUT2D eigenvalue weighted by Gasteiger charge is 2.20. The van der Waals surface area contributed by atoms with Gasteiger partial charge in [0.1, 0.15) is 0 Å². The number of nitrogens with zero attached hydrogens (tertiary/aromatic N) is 2. The zero-order valence-corrected chi connectivity index (χ0v) is 13.0. The molecule has 2 heterocycles. The van der Waals surface area contributed by atoms with Gasteiger partial charge in [-0.3, -0.25) is 0 Å².